The third-order valence-corrected chi connectivity index (χ3v) is 3.36. The van der Waals surface area contributed by atoms with Crippen LogP contribution in [0, 0.1) is 10.1 Å². The number of hydrogen-bond donors (Lipinski definition) is 1. The van der Waals surface area contributed by atoms with Crippen LogP contribution in [0.4, 0.5) is 5.69 Å². The van der Waals surface area contributed by atoms with E-state index in [1.165, 1.54) is 6.07 Å². The molecule has 0 saturated heterocycles. The highest BCUT2D eigenvalue weighted by atomic mass is 35.5. The topological polar surface area (TPSA) is 55.2 Å². The summed E-state index contributed by atoms with van der Waals surface area (Å²) in [4.78, 5) is 10.4. The Balaban J connectivity index is 2.31. The molecule has 0 spiro atoms. The summed E-state index contributed by atoms with van der Waals surface area (Å²) < 4.78 is 0. The normalized spacial score (nSPS) is 10.5. The summed E-state index contributed by atoms with van der Waals surface area (Å²) >= 11 is 6.24. The maximum atomic E-state index is 10.8. The van der Waals surface area contributed by atoms with Gasteiger partial charge in [-0.05, 0) is 29.3 Å². The minimum atomic E-state index is -0.398. The number of nitro benzene ring substituents is 1. The van der Waals surface area contributed by atoms with E-state index in [0.29, 0.717) is 11.6 Å². The molecule has 0 aliphatic heterocycles. The van der Waals surface area contributed by atoms with E-state index < -0.39 is 4.92 Å². The van der Waals surface area contributed by atoms with Gasteiger partial charge in [0.05, 0.1) is 4.92 Å². The molecule has 0 unspecified atom stereocenters. The predicted octanol–water partition coefficient (Wildman–Crippen LogP) is 4.02. The van der Waals surface area contributed by atoms with Gasteiger partial charge >= 0.3 is 0 Å². The zero-order valence-electron chi connectivity index (χ0n) is 11.1. The Bertz CT molecular complexity index is 629. The van der Waals surface area contributed by atoms with Crippen LogP contribution in [0.2, 0.25) is 5.02 Å². The van der Waals surface area contributed by atoms with Crippen LogP contribution in [-0.4, -0.2) is 11.5 Å². The van der Waals surface area contributed by atoms with Gasteiger partial charge in [-0.3, -0.25) is 10.1 Å². The van der Waals surface area contributed by atoms with Crippen LogP contribution in [-0.2, 0) is 6.54 Å². The molecule has 0 aliphatic rings. The van der Waals surface area contributed by atoms with Crippen molar-refractivity contribution in [3.05, 3.63) is 63.2 Å². The third kappa shape index (κ3) is 3.35. The van der Waals surface area contributed by atoms with Gasteiger partial charge in [0.1, 0.15) is 0 Å². The highest BCUT2D eigenvalue weighted by Gasteiger charge is 2.08. The molecule has 20 heavy (non-hydrogen) atoms. The van der Waals surface area contributed by atoms with Gasteiger partial charge in [0.2, 0.25) is 0 Å². The van der Waals surface area contributed by atoms with E-state index in [-0.39, 0.29) is 5.69 Å². The Kier molecular flexibility index (Phi) is 4.71. The SMILES string of the molecule is CCNCc1ccc(-c2cccc([N+](=O)[O-])c2)cc1Cl. The molecule has 5 heteroatoms. The number of hydrogen-bond acceptors (Lipinski definition) is 3. The van der Waals surface area contributed by atoms with Crippen molar-refractivity contribution in [2.45, 2.75) is 13.5 Å². The second kappa shape index (κ2) is 6.50. The van der Waals surface area contributed by atoms with Crippen LogP contribution < -0.4 is 5.32 Å². The van der Waals surface area contributed by atoms with Crippen LogP contribution >= 0.6 is 11.6 Å². The summed E-state index contributed by atoms with van der Waals surface area (Å²) in [6, 6.07) is 12.3. The van der Waals surface area contributed by atoms with Gasteiger partial charge in [-0.1, -0.05) is 42.8 Å². The molecule has 0 aromatic heterocycles. The minimum Gasteiger partial charge on any atom is -0.313 e. The molecular formula is C15H15ClN2O2. The molecule has 1 N–H and O–H groups in total. The van der Waals surface area contributed by atoms with E-state index >= 15 is 0 Å². The third-order valence-electron chi connectivity index (χ3n) is 3.01. The molecule has 0 aliphatic carbocycles. The highest BCUT2D eigenvalue weighted by molar-refractivity contribution is 6.31. The average molecular weight is 291 g/mol. The van der Waals surface area contributed by atoms with E-state index in [2.05, 4.69) is 5.32 Å². The first-order valence-corrected chi connectivity index (χ1v) is 6.73. The summed E-state index contributed by atoms with van der Waals surface area (Å²) in [5.41, 5.74) is 2.76. The number of rotatable bonds is 5. The second-order valence-electron chi connectivity index (χ2n) is 4.39. The first kappa shape index (κ1) is 14.5. The Morgan fingerprint density at radius 2 is 1.95 bits per heavy atom. The van der Waals surface area contributed by atoms with E-state index in [1.54, 1.807) is 12.1 Å². The van der Waals surface area contributed by atoms with Gasteiger partial charge in [-0.25, -0.2) is 0 Å². The zero-order chi connectivity index (χ0) is 14.5. The second-order valence-corrected chi connectivity index (χ2v) is 4.80. The first-order valence-electron chi connectivity index (χ1n) is 6.35. The van der Waals surface area contributed by atoms with Crippen molar-refractivity contribution in [2.24, 2.45) is 0 Å². The number of nitrogens with zero attached hydrogens (tertiary/aromatic N) is 1. The van der Waals surface area contributed by atoms with Gasteiger partial charge in [0.15, 0.2) is 0 Å². The fourth-order valence-corrected chi connectivity index (χ4v) is 2.18. The van der Waals surface area contributed by atoms with E-state index in [1.807, 2.05) is 31.2 Å². The molecule has 0 atom stereocenters. The fraction of sp³-hybridized carbons (Fsp3) is 0.200. The molecule has 104 valence electrons. The van der Waals surface area contributed by atoms with Crippen molar-refractivity contribution in [3.8, 4) is 11.1 Å². The molecular weight excluding hydrogens is 276 g/mol. The Morgan fingerprint density at radius 3 is 2.60 bits per heavy atom. The molecule has 0 heterocycles. The van der Waals surface area contributed by atoms with Gasteiger partial charge in [-0.2, -0.15) is 0 Å². The molecule has 2 rings (SSSR count). The monoisotopic (exact) mass is 290 g/mol. The summed E-state index contributed by atoms with van der Waals surface area (Å²) in [5, 5.41) is 14.7. The summed E-state index contributed by atoms with van der Waals surface area (Å²) in [7, 11) is 0. The standard InChI is InChI=1S/C15H15ClN2O2/c1-2-17-10-13-7-6-12(9-15(13)16)11-4-3-5-14(8-11)18(19)20/h3-9,17H,2,10H2,1H3. The molecule has 0 radical (unpaired) electrons. The predicted molar refractivity (Wildman–Crippen MR) is 80.9 cm³/mol. The molecule has 2 aromatic rings. The van der Waals surface area contributed by atoms with Crippen molar-refractivity contribution in [1.29, 1.82) is 0 Å². The van der Waals surface area contributed by atoms with Crippen molar-refractivity contribution in [1.82, 2.24) is 5.32 Å². The molecule has 0 bridgehead atoms. The maximum Gasteiger partial charge on any atom is 0.270 e. The maximum absolute atomic E-state index is 10.8. The molecule has 2 aromatic carbocycles. The fourth-order valence-electron chi connectivity index (χ4n) is 1.93. The highest BCUT2D eigenvalue weighted by Crippen LogP contribution is 2.28. The van der Waals surface area contributed by atoms with E-state index in [0.717, 1.165) is 23.2 Å². The number of halogens is 1. The van der Waals surface area contributed by atoms with Gasteiger partial charge in [-0.15, -0.1) is 0 Å². The van der Waals surface area contributed by atoms with Crippen molar-refractivity contribution in [2.75, 3.05) is 6.54 Å². The number of nitro groups is 1. The number of nitrogens with one attached hydrogen (secondary N) is 1. The van der Waals surface area contributed by atoms with Gasteiger partial charge < -0.3 is 5.32 Å². The van der Waals surface area contributed by atoms with Crippen molar-refractivity contribution < 1.29 is 4.92 Å². The Hall–Kier alpha value is -1.91. The summed E-state index contributed by atoms with van der Waals surface area (Å²) in [6.07, 6.45) is 0. The lowest BCUT2D eigenvalue weighted by Crippen LogP contribution is -2.11. The molecule has 0 fully saturated rings. The van der Waals surface area contributed by atoms with Crippen molar-refractivity contribution in [3.63, 3.8) is 0 Å². The Labute approximate surface area is 122 Å². The smallest absolute Gasteiger partial charge is 0.270 e. The van der Waals surface area contributed by atoms with E-state index in [4.69, 9.17) is 11.6 Å². The first-order chi connectivity index (χ1) is 9.61. The van der Waals surface area contributed by atoms with Crippen LogP contribution in [0.1, 0.15) is 12.5 Å². The number of benzene rings is 2. The minimum absolute atomic E-state index is 0.0790. The van der Waals surface area contributed by atoms with Gasteiger partial charge in [0, 0.05) is 23.7 Å². The zero-order valence-corrected chi connectivity index (χ0v) is 11.9. The van der Waals surface area contributed by atoms with E-state index in [9.17, 15) is 10.1 Å². The lowest BCUT2D eigenvalue weighted by atomic mass is 10.0. The summed E-state index contributed by atoms with van der Waals surface area (Å²) in [6.45, 7) is 3.62. The molecule has 0 saturated carbocycles. The van der Waals surface area contributed by atoms with Crippen LogP contribution in [0.25, 0.3) is 11.1 Å². The number of non-ortho nitro benzene ring substituents is 1. The molecule has 4 nitrogen and oxygen atoms in total. The van der Waals surface area contributed by atoms with Crippen molar-refractivity contribution >= 4 is 17.3 Å². The Morgan fingerprint density at radius 1 is 1.20 bits per heavy atom. The van der Waals surface area contributed by atoms with Gasteiger partial charge in [0.25, 0.3) is 5.69 Å². The molecule has 0 amide bonds. The summed E-state index contributed by atoms with van der Waals surface area (Å²) in [5.74, 6) is 0. The largest absolute Gasteiger partial charge is 0.313 e. The average Bonchev–Trinajstić information content (AvgIpc) is 2.46. The van der Waals surface area contributed by atoms with Crippen LogP contribution in [0.15, 0.2) is 42.5 Å². The lowest BCUT2D eigenvalue weighted by molar-refractivity contribution is -0.384. The quantitative estimate of drug-likeness (QED) is 0.668. The lowest BCUT2D eigenvalue weighted by Gasteiger charge is -2.08. The van der Waals surface area contributed by atoms with Crippen LogP contribution in [0.3, 0.4) is 0 Å². The van der Waals surface area contributed by atoms with Crippen LogP contribution in [0.5, 0.6) is 0 Å².